The number of hydrogen-bond acceptors (Lipinski definition) is 2. The van der Waals surface area contributed by atoms with Crippen molar-refractivity contribution in [3.8, 4) is 0 Å². The molecule has 0 saturated heterocycles. The van der Waals surface area contributed by atoms with E-state index in [2.05, 4.69) is 93.1 Å². The molecule has 0 unspecified atom stereocenters. The van der Waals surface area contributed by atoms with Crippen LogP contribution in [0.1, 0.15) is 57.7 Å². The lowest BCUT2D eigenvalue weighted by atomic mass is 9.90. The van der Waals surface area contributed by atoms with E-state index in [4.69, 9.17) is 4.43 Å². The summed E-state index contributed by atoms with van der Waals surface area (Å²) in [6.07, 6.45) is 5.80. The van der Waals surface area contributed by atoms with Crippen molar-refractivity contribution in [2.24, 2.45) is 5.92 Å². The highest BCUT2D eigenvalue weighted by molar-refractivity contribution is 9.10. The first-order valence-corrected chi connectivity index (χ1v) is 15.7. The lowest BCUT2D eigenvalue weighted by Gasteiger charge is -2.42. The highest BCUT2D eigenvalue weighted by Gasteiger charge is 2.41. The molecule has 0 bridgehead atoms. The van der Waals surface area contributed by atoms with Crippen molar-refractivity contribution < 1.29 is 9.22 Å². The maximum absolute atomic E-state index is 13.8. The molecule has 3 nitrogen and oxygen atoms in total. The first kappa shape index (κ1) is 25.9. The Morgan fingerprint density at radius 2 is 1.76 bits per heavy atom. The van der Waals surface area contributed by atoms with Crippen molar-refractivity contribution in [2.45, 2.75) is 77.4 Å². The number of carbonyl (C=O) groups excluding carboxylic acids is 1. The molecule has 0 fully saturated rings. The number of rotatable bonds is 6. The summed E-state index contributed by atoms with van der Waals surface area (Å²) < 4.78 is 7.88. The Labute approximate surface area is 209 Å². The van der Waals surface area contributed by atoms with Crippen LogP contribution in [0.3, 0.4) is 0 Å². The third-order valence-corrected chi connectivity index (χ3v) is 12.2. The van der Waals surface area contributed by atoms with Crippen LogP contribution in [0, 0.1) is 5.92 Å². The number of halogens is 1. The molecular weight excluding hydrogens is 490 g/mol. The average molecular weight is 529 g/mol. The Hall–Kier alpha value is -1.69. The smallest absolute Gasteiger partial charge is 0.224 e. The van der Waals surface area contributed by atoms with E-state index < -0.39 is 8.32 Å². The van der Waals surface area contributed by atoms with E-state index in [0.717, 1.165) is 22.0 Å². The second-order valence-corrected chi connectivity index (χ2v) is 16.3. The normalized spacial score (nSPS) is 23.2. The molecule has 5 heteroatoms. The lowest BCUT2D eigenvalue weighted by Crippen LogP contribution is -2.47. The summed E-state index contributed by atoms with van der Waals surface area (Å²) in [6, 6.07) is 18.4. The van der Waals surface area contributed by atoms with Crippen LogP contribution in [-0.2, 0) is 15.8 Å². The third-order valence-electron chi connectivity index (χ3n) is 7.19. The average Bonchev–Trinajstić information content (AvgIpc) is 2.75. The van der Waals surface area contributed by atoms with Crippen molar-refractivity contribution in [3.05, 3.63) is 82.3 Å². The standard InChI is InChI=1S/C28H38BrNO2Si/c1-7-22-19-27(31)30(20-21-12-9-8-10-13-21)25(23-14-11-15-24(29)18-23)16-17-26(22)32-33(5,6)28(2,3)4/h8-18,22,25-26H,7,19-20H2,1-6H3/b17-16-/t22-,25-,26-/m1/s1. The molecule has 0 spiro atoms. The Morgan fingerprint density at radius 1 is 1.06 bits per heavy atom. The van der Waals surface area contributed by atoms with Gasteiger partial charge in [0, 0.05) is 17.4 Å². The molecule has 0 radical (unpaired) electrons. The van der Waals surface area contributed by atoms with Crippen molar-refractivity contribution in [2.75, 3.05) is 0 Å². The van der Waals surface area contributed by atoms with Crippen molar-refractivity contribution in [1.29, 1.82) is 0 Å². The molecule has 3 rings (SSSR count). The minimum atomic E-state index is -1.98. The molecule has 2 aromatic carbocycles. The zero-order valence-corrected chi connectivity index (χ0v) is 23.4. The number of nitrogens with zero attached hydrogens (tertiary/aromatic N) is 1. The minimum Gasteiger partial charge on any atom is -0.410 e. The molecule has 178 valence electrons. The quantitative estimate of drug-likeness (QED) is 0.282. The Bertz CT molecular complexity index is 967. The second kappa shape index (κ2) is 10.7. The van der Waals surface area contributed by atoms with Crippen molar-refractivity contribution >= 4 is 30.2 Å². The first-order chi connectivity index (χ1) is 15.5. The van der Waals surface area contributed by atoms with Crippen LogP contribution < -0.4 is 0 Å². The largest absolute Gasteiger partial charge is 0.410 e. The summed E-state index contributed by atoms with van der Waals surface area (Å²) in [5, 5.41) is 0.120. The maximum atomic E-state index is 13.8. The summed E-state index contributed by atoms with van der Waals surface area (Å²) in [5.74, 6) is 0.355. The number of hydrogen-bond donors (Lipinski definition) is 0. The summed E-state index contributed by atoms with van der Waals surface area (Å²) >= 11 is 3.61. The van der Waals surface area contributed by atoms with Gasteiger partial charge in [-0.1, -0.05) is 105 Å². The fourth-order valence-corrected chi connectivity index (χ4v) is 5.79. The SMILES string of the molecule is CC[C@@H]1CC(=O)N(Cc2ccccc2)[C@@H](c2cccc(Br)c2)/C=C\[C@H]1O[Si](C)(C)C(C)(C)C. The van der Waals surface area contributed by atoms with Gasteiger partial charge in [0.1, 0.15) is 0 Å². The van der Waals surface area contributed by atoms with Gasteiger partial charge >= 0.3 is 0 Å². The van der Waals surface area contributed by atoms with E-state index in [1.165, 1.54) is 0 Å². The summed E-state index contributed by atoms with van der Waals surface area (Å²) in [5.41, 5.74) is 2.24. The van der Waals surface area contributed by atoms with Gasteiger partial charge in [0.2, 0.25) is 5.91 Å². The van der Waals surface area contributed by atoms with Crippen LogP contribution in [0.15, 0.2) is 71.2 Å². The zero-order chi connectivity index (χ0) is 24.2. The molecule has 0 N–H and O–H groups in total. The van der Waals surface area contributed by atoms with Gasteiger partial charge in [0.25, 0.3) is 0 Å². The summed E-state index contributed by atoms with van der Waals surface area (Å²) in [7, 11) is -1.98. The summed E-state index contributed by atoms with van der Waals surface area (Å²) in [4.78, 5) is 15.8. The fourth-order valence-electron chi connectivity index (χ4n) is 4.07. The molecule has 0 aliphatic carbocycles. The number of carbonyl (C=O) groups is 1. The van der Waals surface area contributed by atoms with E-state index in [1.807, 2.05) is 35.2 Å². The van der Waals surface area contributed by atoms with Crippen LogP contribution in [0.4, 0.5) is 0 Å². The van der Waals surface area contributed by atoms with Crippen LogP contribution in [-0.4, -0.2) is 25.2 Å². The van der Waals surface area contributed by atoms with Crippen LogP contribution in [0.5, 0.6) is 0 Å². The number of amides is 1. The molecule has 3 atom stereocenters. The molecule has 0 saturated carbocycles. The molecule has 33 heavy (non-hydrogen) atoms. The van der Waals surface area contributed by atoms with Gasteiger partial charge in [0.05, 0.1) is 12.1 Å². The second-order valence-electron chi connectivity index (χ2n) is 10.6. The van der Waals surface area contributed by atoms with E-state index in [-0.39, 0.29) is 29.0 Å². The van der Waals surface area contributed by atoms with E-state index >= 15 is 0 Å². The van der Waals surface area contributed by atoms with E-state index in [9.17, 15) is 4.79 Å². The topological polar surface area (TPSA) is 29.5 Å². The summed E-state index contributed by atoms with van der Waals surface area (Å²) in [6.45, 7) is 14.1. The predicted molar refractivity (Wildman–Crippen MR) is 143 cm³/mol. The molecule has 0 aromatic heterocycles. The van der Waals surface area contributed by atoms with Gasteiger partial charge in [-0.3, -0.25) is 4.79 Å². The molecule has 2 aromatic rings. The van der Waals surface area contributed by atoms with E-state index in [0.29, 0.717) is 13.0 Å². The Morgan fingerprint density at radius 3 is 2.36 bits per heavy atom. The van der Waals surface area contributed by atoms with Crippen molar-refractivity contribution in [1.82, 2.24) is 4.90 Å². The fraction of sp³-hybridized carbons (Fsp3) is 0.464. The van der Waals surface area contributed by atoms with Gasteiger partial charge in [-0.25, -0.2) is 0 Å². The van der Waals surface area contributed by atoms with Gasteiger partial charge in [0.15, 0.2) is 8.32 Å². The predicted octanol–water partition coefficient (Wildman–Crippen LogP) is 7.90. The molecule has 1 heterocycles. The third kappa shape index (κ3) is 6.46. The highest BCUT2D eigenvalue weighted by atomic mass is 79.9. The van der Waals surface area contributed by atoms with Gasteiger partial charge in [-0.05, 0) is 47.3 Å². The Balaban J connectivity index is 2.03. The molecule has 1 aliphatic heterocycles. The molecular formula is C28H38BrNO2Si. The van der Waals surface area contributed by atoms with Gasteiger partial charge < -0.3 is 9.33 Å². The number of benzene rings is 2. The molecule has 1 aliphatic rings. The van der Waals surface area contributed by atoms with Crippen LogP contribution in [0.2, 0.25) is 18.1 Å². The lowest BCUT2D eigenvalue weighted by molar-refractivity contribution is -0.135. The maximum Gasteiger partial charge on any atom is 0.224 e. The Kier molecular flexibility index (Phi) is 8.41. The van der Waals surface area contributed by atoms with Crippen molar-refractivity contribution in [3.63, 3.8) is 0 Å². The minimum absolute atomic E-state index is 0.0478. The van der Waals surface area contributed by atoms with Crippen LogP contribution >= 0.6 is 15.9 Å². The first-order valence-electron chi connectivity index (χ1n) is 12.0. The van der Waals surface area contributed by atoms with E-state index in [1.54, 1.807) is 0 Å². The monoisotopic (exact) mass is 527 g/mol. The highest BCUT2D eigenvalue weighted by Crippen LogP contribution is 2.40. The zero-order valence-electron chi connectivity index (χ0n) is 20.8. The van der Waals surface area contributed by atoms with Gasteiger partial charge in [-0.15, -0.1) is 0 Å². The molecule has 1 amide bonds. The van der Waals surface area contributed by atoms with Gasteiger partial charge in [-0.2, -0.15) is 0 Å². The van der Waals surface area contributed by atoms with Crippen LogP contribution in [0.25, 0.3) is 0 Å².